The first kappa shape index (κ1) is 41.4. The van der Waals surface area contributed by atoms with Gasteiger partial charge in [0.15, 0.2) is 23.3 Å². The van der Waals surface area contributed by atoms with E-state index in [9.17, 15) is 14.4 Å². The van der Waals surface area contributed by atoms with Crippen LogP contribution in [0.3, 0.4) is 0 Å². The monoisotopic (exact) mass is 802 g/mol. The van der Waals surface area contributed by atoms with Crippen LogP contribution < -0.4 is 30.7 Å². The standard InChI is InChI=1S/C25H34N6O2.C19H24N6O/c1-6-19-24(33)30(5)20-15-27-22(29-23(20)31(19)16-9-7-8-10-16)17-11-12-26-14-18(17)28-21(32)13-25(2,3)4;1-3-15-19(26)24(2)16-11-22-17(13-8-9-21-10-14(13)20)23-18(16)25(15)12-6-4-5-7-12/h11-12,14-16,19H,6-10,13H2,1-5H3,(H,28,32);8-12,15H,3-7,20H2,1-2H3/t19-;15-/m11/s1. The molecule has 6 heterocycles. The number of hydrogen-bond donors (Lipinski definition) is 2. The van der Waals surface area contributed by atoms with E-state index in [1.807, 2.05) is 32.9 Å². The van der Waals surface area contributed by atoms with Crippen LogP contribution in [0.25, 0.3) is 22.8 Å². The highest BCUT2D eigenvalue weighted by Gasteiger charge is 2.43. The molecule has 2 saturated carbocycles. The number of amides is 3. The quantitative estimate of drug-likeness (QED) is 0.186. The van der Waals surface area contributed by atoms with Crippen molar-refractivity contribution in [1.82, 2.24) is 29.9 Å². The van der Waals surface area contributed by atoms with Gasteiger partial charge < -0.3 is 30.7 Å². The van der Waals surface area contributed by atoms with Gasteiger partial charge in [0.2, 0.25) is 17.7 Å². The number of rotatable bonds is 8. The van der Waals surface area contributed by atoms with Crippen LogP contribution in [0.2, 0.25) is 0 Å². The van der Waals surface area contributed by atoms with Crippen molar-refractivity contribution < 1.29 is 14.4 Å². The van der Waals surface area contributed by atoms with Gasteiger partial charge in [-0.05, 0) is 56.1 Å². The number of nitrogens with one attached hydrogen (secondary N) is 1. The first-order chi connectivity index (χ1) is 28.3. The van der Waals surface area contributed by atoms with E-state index in [4.69, 9.17) is 15.7 Å². The van der Waals surface area contributed by atoms with Gasteiger partial charge in [-0.3, -0.25) is 24.4 Å². The summed E-state index contributed by atoms with van der Waals surface area (Å²) in [6.45, 7) is 10.2. The van der Waals surface area contributed by atoms with Crippen molar-refractivity contribution in [2.24, 2.45) is 5.41 Å². The Morgan fingerprint density at radius 2 is 1.19 bits per heavy atom. The minimum absolute atomic E-state index is 0.0707. The van der Waals surface area contributed by atoms with Crippen molar-refractivity contribution in [3.63, 3.8) is 0 Å². The molecule has 0 saturated heterocycles. The predicted molar refractivity (Wildman–Crippen MR) is 232 cm³/mol. The summed E-state index contributed by atoms with van der Waals surface area (Å²) >= 11 is 0. The highest BCUT2D eigenvalue weighted by Crippen LogP contribution is 2.42. The van der Waals surface area contributed by atoms with Gasteiger partial charge in [0, 0.05) is 56.1 Å². The van der Waals surface area contributed by atoms with Crippen molar-refractivity contribution in [1.29, 1.82) is 0 Å². The van der Waals surface area contributed by atoms with Crippen molar-refractivity contribution in [2.75, 3.05) is 44.7 Å². The lowest BCUT2D eigenvalue weighted by atomic mass is 9.92. The summed E-state index contributed by atoms with van der Waals surface area (Å²) in [4.78, 5) is 73.6. The average molecular weight is 803 g/mol. The Bertz CT molecular complexity index is 2180. The Morgan fingerprint density at radius 3 is 1.64 bits per heavy atom. The van der Waals surface area contributed by atoms with Gasteiger partial charge in [-0.25, -0.2) is 19.9 Å². The molecule has 4 aromatic rings. The van der Waals surface area contributed by atoms with E-state index < -0.39 is 0 Å². The molecule has 0 spiro atoms. The molecular formula is C44H58N12O3. The summed E-state index contributed by atoms with van der Waals surface area (Å²) in [7, 11) is 3.60. The molecule has 59 heavy (non-hydrogen) atoms. The molecule has 2 fully saturated rings. The number of pyridine rings is 2. The molecule has 312 valence electrons. The first-order valence-electron chi connectivity index (χ1n) is 21.1. The summed E-state index contributed by atoms with van der Waals surface area (Å²) in [5.41, 5.74) is 10.1. The summed E-state index contributed by atoms with van der Waals surface area (Å²) in [6, 6.07) is 3.91. The van der Waals surface area contributed by atoms with Crippen molar-refractivity contribution in [3.8, 4) is 22.8 Å². The molecular weight excluding hydrogens is 745 g/mol. The maximum atomic E-state index is 13.1. The van der Waals surface area contributed by atoms with E-state index in [1.54, 1.807) is 61.1 Å². The van der Waals surface area contributed by atoms with E-state index in [2.05, 4.69) is 48.9 Å². The van der Waals surface area contributed by atoms with Gasteiger partial charge >= 0.3 is 0 Å². The normalized spacial score (nSPS) is 19.7. The van der Waals surface area contributed by atoms with Crippen molar-refractivity contribution in [3.05, 3.63) is 49.3 Å². The minimum Gasteiger partial charge on any atom is -0.397 e. The fourth-order valence-electron chi connectivity index (χ4n) is 9.00. The fraction of sp³-hybridized carbons (Fsp3) is 0.523. The Balaban J connectivity index is 0.000000184. The lowest BCUT2D eigenvalue weighted by Gasteiger charge is -2.43. The lowest BCUT2D eigenvalue weighted by molar-refractivity contribution is -0.120. The number of carbonyl (C=O) groups is 3. The number of likely N-dealkylation sites (N-methyl/N-ethyl adjacent to an activating group) is 2. The van der Waals surface area contributed by atoms with E-state index in [0.717, 1.165) is 67.1 Å². The first-order valence-corrected chi connectivity index (χ1v) is 21.1. The van der Waals surface area contributed by atoms with Gasteiger partial charge in [0.05, 0.1) is 36.2 Å². The molecule has 8 rings (SSSR count). The smallest absolute Gasteiger partial charge is 0.249 e. The van der Waals surface area contributed by atoms with Gasteiger partial charge in [-0.2, -0.15) is 0 Å². The van der Waals surface area contributed by atoms with Crippen LogP contribution in [0.15, 0.2) is 49.3 Å². The third kappa shape index (κ3) is 8.42. The second-order valence-electron chi connectivity index (χ2n) is 17.3. The zero-order valence-corrected chi connectivity index (χ0v) is 35.5. The van der Waals surface area contributed by atoms with E-state index in [1.165, 1.54) is 25.7 Å². The Labute approximate surface area is 347 Å². The highest BCUT2D eigenvalue weighted by atomic mass is 16.2. The van der Waals surface area contributed by atoms with Crippen LogP contribution >= 0.6 is 0 Å². The molecule has 3 amide bonds. The maximum Gasteiger partial charge on any atom is 0.249 e. The van der Waals surface area contributed by atoms with Gasteiger partial charge in [0.1, 0.15) is 23.5 Å². The van der Waals surface area contributed by atoms with Crippen LogP contribution in [-0.4, -0.2) is 85.9 Å². The lowest BCUT2D eigenvalue weighted by Crippen LogP contribution is -2.55. The number of nitrogens with two attached hydrogens (primary N) is 1. The van der Waals surface area contributed by atoms with Crippen LogP contribution in [-0.2, 0) is 14.4 Å². The molecule has 15 heteroatoms. The molecule has 3 N–H and O–H groups in total. The third-order valence-corrected chi connectivity index (χ3v) is 11.9. The molecule has 4 aliphatic rings. The topological polar surface area (TPSA) is 180 Å². The Hall–Kier alpha value is -5.73. The SMILES string of the molecule is CC[C@@H]1C(=O)N(C)c2cnc(-c3ccncc3N)nc2N1C1CCCC1.CC[C@@H]1C(=O)N(C)c2cnc(-c3ccncc3NC(=O)CC(C)(C)C)nc2N1C1CCCC1. The number of carbonyl (C=O) groups excluding carboxylic acids is 3. The predicted octanol–water partition coefficient (Wildman–Crippen LogP) is 7.04. The summed E-state index contributed by atoms with van der Waals surface area (Å²) in [5, 5.41) is 2.99. The molecule has 0 bridgehead atoms. The maximum absolute atomic E-state index is 13.1. The zero-order valence-electron chi connectivity index (χ0n) is 35.5. The molecule has 2 atom stereocenters. The summed E-state index contributed by atoms with van der Waals surface area (Å²) in [5.74, 6) is 2.86. The van der Waals surface area contributed by atoms with Gasteiger partial charge in [-0.15, -0.1) is 0 Å². The van der Waals surface area contributed by atoms with E-state index in [-0.39, 0.29) is 35.2 Å². The third-order valence-electron chi connectivity index (χ3n) is 11.9. The summed E-state index contributed by atoms with van der Waals surface area (Å²) < 4.78 is 0. The van der Waals surface area contributed by atoms with E-state index >= 15 is 0 Å². The van der Waals surface area contributed by atoms with Crippen molar-refractivity contribution >= 4 is 52.1 Å². The Kier molecular flexibility index (Phi) is 12.1. The molecule has 15 nitrogen and oxygen atoms in total. The number of aromatic nitrogens is 6. The van der Waals surface area contributed by atoms with Crippen molar-refractivity contribution in [2.45, 2.75) is 129 Å². The summed E-state index contributed by atoms with van der Waals surface area (Å²) in [6.07, 6.45) is 21.0. The minimum atomic E-state index is -0.225. The second kappa shape index (κ2) is 17.2. The Morgan fingerprint density at radius 1 is 0.729 bits per heavy atom. The van der Waals surface area contributed by atoms with Crippen LogP contribution in [0.4, 0.5) is 34.4 Å². The fourth-order valence-corrected chi connectivity index (χ4v) is 9.00. The molecule has 4 aromatic heterocycles. The molecule has 0 aromatic carbocycles. The second-order valence-corrected chi connectivity index (χ2v) is 17.3. The number of nitrogens with zero attached hydrogens (tertiary/aromatic N) is 10. The average Bonchev–Trinajstić information content (AvgIpc) is 3.96. The zero-order chi connectivity index (χ0) is 42.0. The number of hydrogen-bond acceptors (Lipinski definition) is 12. The van der Waals surface area contributed by atoms with Crippen LogP contribution in [0.5, 0.6) is 0 Å². The number of fused-ring (bicyclic) bond motifs is 2. The molecule has 2 aliphatic carbocycles. The van der Waals surface area contributed by atoms with Gasteiger partial charge in [0.25, 0.3) is 0 Å². The number of nitrogen functional groups attached to an aromatic ring is 1. The van der Waals surface area contributed by atoms with Crippen LogP contribution in [0, 0.1) is 5.41 Å². The van der Waals surface area contributed by atoms with E-state index in [0.29, 0.717) is 47.1 Å². The number of anilines is 6. The molecule has 0 radical (unpaired) electrons. The van der Waals surface area contributed by atoms with Gasteiger partial charge in [-0.1, -0.05) is 60.3 Å². The van der Waals surface area contributed by atoms with Crippen LogP contribution in [0.1, 0.15) is 105 Å². The highest BCUT2D eigenvalue weighted by molar-refractivity contribution is 6.05. The largest absolute Gasteiger partial charge is 0.397 e. The molecule has 2 aliphatic heterocycles. The molecule has 0 unspecified atom stereocenters.